The van der Waals surface area contributed by atoms with Gasteiger partial charge in [0.2, 0.25) is 0 Å². The minimum Gasteiger partial charge on any atom is -0.453 e. The van der Waals surface area contributed by atoms with E-state index >= 15 is 0 Å². The third kappa shape index (κ3) is 4.21. The molecule has 0 radical (unpaired) electrons. The van der Waals surface area contributed by atoms with Crippen molar-refractivity contribution >= 4 is 11.9 Å². The highest BCUT2D eigenvalue weighted by Gasteiger charge is 2.35. The maximum absolute atomic E-state index is 12.4. The molecule has 0 aromatic heterocycles. The summed E-state index contributed by atoms with van der Waals surface area (Å²) in [7, 11) is 1.28. The van der Waals surface area contributed by atoms with E-state index in [1.54, 1.807) is 6.08 Å². The number of carbonyl (C=O) groups is 2. The number of ketones is 1. The van der Waals surface area contributed by atoms with Crippen molar-refractivity contribution < 1.29 is 14.3 Å². The molecule has 98 valence electrons. The molecular formula is C13H23NO3. The average molecular weight is 241 g/mol. The fourth-order valence-electron chi connectivity index (χ4n) is 1.62. The van der Waals surface area contributed by atoms with Crippen molar-refractivity contribution in [2.24, 2.45) is 5.41 Å². The van der Waals surface area contributed by atoms with Crippen LogP contribution in [0.5, 0.6) is 0 Å². The molecule has 4 heteroatoms. The molecular weight excluding hydrogens is 218 g/mol. The van der Waals surface area contributed by atoms with Crippen LogP contribution in [-0.2, 0) is 9.53 Å². The van der Waals surface area contributed by atoms with Gasteiger partial charge in [0.05, 0.1) is 13.2 Å². The fraction of sp³-hybridized carbons (Fsp3) is 0.692. The summed E-state index contributed by atoms with van der Waals surface area (Å²) in [6, 6.07) is -0.551. The van der Waals surface area contributed by atoms with Gasteiger partial charge >= 0.3 is 6.09 Å². The van der Waals surface area contributed by atoms with Crippen LogP contribution in [0.1, 0.15) is 40.0 Å². The molecule has 0 aliphatic rings. The Morgan fingerprint density at radius 2 is 1.94 bits per heavy atom. The first-order chi connectivity index (χ1) is 7.95. The van der Waals surface area contributed by atoms with E-state index in [0.29, 0.717) is 6.42 Å². The molecule has 0 bridgehead atoms. The molecule has 17 heavy (non-hydrogen) atoms. The highest BCUT2D eigenvalue weighted by Crippen LogP contribution is 2.28. The van der Waals surface area contributed by atoms with Crippen molar-refractivity contribution in [2.45, 2.75) is 46.1 Å². The topological polar surface area (TPSA) is 55.4 Å². The van der Waals surface area contributed by atoms with Gasteiger partial charge in [-0.1, -0.05) is 26.8 Å². The molecule has 0 aliphatic carbocycles. The second-order valence-electron chi connectivity index (χ2n) is 4.34. The fourth-order valence-corrected chi connectivity index (χ4v) is 1.62. The summed E-state index contributed by atoms with van der Waals surface area (Å²) in [5, 5.41) is 2.56. The monoisotopic (exact) mass is 241 g/mol. The molecule has 0 aromatic rings. The molecule has 1 amide bonds. The van der Waals surface area contributed by atoms with Crippen LogP contribution in [0.3, 0.4) is 0 Å². The molecule has 1 atom stereocenters. The van der Waals surface area contributed by atoms with Gasteiger partial charge < -0.3 is 10.1 Å². The van der Waals surface area contributed by atoms with E-state index in [2.05, 4.69) is 16.6 Å². The number of methoxy groups -OCH3 is 1. The normalized spacial score (nSPS) is 12.7. The van der Waals surface area contributed by atoms with E-state index in [1.165, 1.54) is 7.11 Å². The predicted octanol–water partition coefficient (Wildman–Crippen LogP) is 2.68. The second-order valence-corrected chi connectivity index (χ2v) is 4.34. The third-order valence-electron chi connectivity index (χ3n) is 3.35. The zero-order chi connectivity index (χ0) is 13.5. The smallest absolute Gasteiger partial charge is 0.407 e. The third-order valence-corrected chi connectivity index (χ3v) is 3.35. The standard InChI is InChI=1S/C13H23NO3/c1-6-9-10(14-12(16)17-5)11(15)13(4,7-2)8-3/h6,10H,1,7-9H2,2-5H3,(H,14,16)/t10-/m0/s1. The lowest BCUT2D eigenvalue weighted by molar-refractivity contribution is -0.130. The Morgan fingerprint density at radius 3 is 2.29 bits per heavy atom. The van der Waals surface area contributed by atoms with Crippen molar-refractivity contribution in [3.8, 4) is 0 Å². The van der Waals surface area contributed by atoms with E-state index in [1.807, 2.05) is 20.8 Å². The number of alkyl carbamates (subject to hydrolysis) is 1. The molecule has 0 rings (SSSR count). The molecule has 1 N–H and O–H groups in total. The minimum atomic E-state index is -0.584. The SMILES string of the molecule is C=CC[C@H](NC(=O)OC)C(=O)C(C)(CC)CC. The lowest BCUT2D eigenvalue weighted by atomic mass is 9.77. The largest absolute Gasteiger partial charge is 0.453 e. The molecule has 0 aromatic carbocycles. The Morgan fingerprint density at radius 1 is 1.41 bits per heavy atom. The van der Waals surface area contributed by atoms with Crippen LogP contribution in [0.15, 0.2) is 12.7 Å². The predicted molar refractivity (Wildman–Crippen MR) is 67.8 cm³/mol. The van der Waals surface area contributed by atoms with Gasteiger partial charge in [-0.05, 0) is 19.3 Å². The first kappa shape index (κ1) is 15.7. The van der Waals surface area contributed by atoms with Crippen LogP contribution in [0.2, 0.25) is 0 Å². The summed E-state index contributed by atoms with van der Waals surface area (Å²) in [4.78, 5) is 23.5. The Hall–Kier alpha value is -1.32. The van der Waals surface area contributed by atoms with Crippen molar-refractivity contribution in [3.05, 3.63) is 12.7 Å². The Balaban J connectivity index is 4.86. The van der Waals surface area contributed by atoms with E-state index < -0.39 is 17.6 Å². The van der Waals surface area contributed by atoms with Crippen LogP contribution < -0.4 is 5.32 Å². The van der Waals surface area contributed by atoms with Gasteiger partial charge in [0.15, 0.2) is 5.78 Å². The number of ether oxygens (including phenoxy) is 1. The number of Topliss-reactive ketones (excluding diaryl/α,β-unsaturated/α-hetero) is 1. The van der Waals surface area contributed by atoms with Gasteiger partial charge in [0, 0.05) is 5.41 Å². The minimum absolute atomic E-state index is 0.0350. The van der Waals surface area contributed by atoms with Crippen LogP contribution in [0.4, 0.5) is 4.79 Å². The average Bonchev–Trinajstić information content (AvgIpc) is 2.36. The highest BCUT2D eigenvalue weighted by molar-refractivity contribution is 5.91. The molecule has 0 heterocycles. The number of hydrogen-bond acceptors (Lipinski definition) is 3. The maximum atomic E-state index is 12.4. The van der Waals surface area contributed by atoms with Crippen LogP contribution in [0, 0.1) is 5.41 Å². The van der Waals surface area contributed by atoms with Crippen molar-refractivity contribution in [1.82, 2.24) is 5.32 Å². The lowest BCUT2D eigenvalue weighted by Crippen LogP contribution is -2.46. The Bertz CT molecular complexity index is 282. The quantitative estimate of drug-likeness (QED) is 0.697. The number of amides is 1. The molecule has 0 fully saturated rings. The zero-order valence-electron chi connectivity index (χ0n) is 11.2. The summed E-state index contributed by atoms with van der Waals surface area (Å²) in [5.41, 5.74) is -0.408. The number of nitrogens with one attached hydrogen (secondary N) is 1. The molecule has 0 unspecified atom stereocenters. The highest BCUT2D eigenvalue weighted by atomic mass is 16.5. The van der Waals surface area contributed by atoms with E-state index in [0.717, 1.165) is 12.8 Å². The van der Waals surface area contributed by atoms with E-state index in [-0.39, 0.29) is 5.78 Å². The van der Waals surface area contributed by atoms with Gasteiger partial charge in [-0.3, -0.25) is 4.79 Å². The summed E-state index contributed by atoms with van der Waals surface area (Å²) in [5.74, 6) is 0.0350. The van der Waals surface area contributed by atoms with Gasteiger partial charge in [-0.25, -0.2) is 4.79 Å². The summed E-state index contributed by atoms with van der Waals surface area (Å²) in [6.45, 7) is 9.48. The maximum Gasteiger partial charge on any atom is 0.407 e. The molecule has 0 saturated carbocycles. The van der Waals surface area contributed by atoms with Gasteiger partial charge in [-0.2, -0.15) is 0 Å². The second kappa shape index (κ2) is 7.09. The summed E-state index contributed by atoms with van der Waals surface area (Å²) >= 11 is 0. The van der Waals surface area contributed by atoms with Gasteiger partial charge in [0.1, 0.15) is 0 Å². The molecule has 0 aliphatic heterocycles. The number of rotatable bonds is 7. The van der Waals surface area contributed by atoms with E-state index in [4.69, 9.17) is 0 Å². The van der Waals surface area contributed by atoms with Gasteiger partial charge in [-0.15, -0.1) is 6.58 Å². The van der Waals surface area contributed by atoms with Crippen molar-refractivity contribution in [2.75, 3.05) is 7.11 Å². The van der Waals surface area contributed by atoms with Crippen molar-refractivity contribution in [1.29, 1.82) is 0 Å². The van der Waals surface area contributed by atoms with Crippen molar-refractivity contribution in [3.63, 3.8) is 0 Å². The zero-order valence-corrected chi connectivity index (χ0v) is 11.2. The summed E-state index contributed by atoms with van der Waals surface area (Å²) in [6.07, 6.45) is 2.96. The lowest BCUT2D eigenvalue weighted by Gasteiger charge is -2.29. The van der Waals surface area contributed by atoms with Gasteiger partial charge in [0.25, 0.3) is 0 Å². The molecule has 4 nitrogen and oxygen atoms in total. The van der Waals surface area contributed by atoms with E-state index in [9.17, 15) is 9.59 Å². The van der Waals surface area contributed by atoms with Crippen LogP contribution in [0.25, 0.3) is 0 Å². The Kier molecular flexibility index (Phi) is 6.54. The number of hydrogen-bond donors (Lipinski definition) is 1. The first-order valence-corrected chi connectivity index (χ1v) is 5.94. The first-order valence-electron chi connectivity index (χ1n) is 5.94. The summed E-state index contributed by atoms with van der Waals surface area (Å²) < 4.78 is 4.52. The molecule has 0 saturated heterocycles. The Labute approximate surface area is 103 Å². The van der Waals surface area contributed by atoms with Crippen LogP contribution >= 0.6 is 0 Å². The number of carbonyl (C=O) groups excluding carboxylic acids is 2. The molecule has 0 spiro atoms. The van der Waals surface area contributed by atoms with Crippen LogP contribution in [-0.4, -0.2) is 25.0 Å².